The molecule has 0 aliphatic heterocycles. The van der Waals surface area contributed by atoms with E-state index < -0.39 is 0 Å². The van der Waals surface area contributed by atoms with Crippen LogP contribution in [0.15, 0.2) is 72.9 Å². The van der Waals surface area contributed by atoms with Crippen molar-refractivity contribution in [3.63, 3.8) is 0 Å². The first kappa shape index (κ1) is 14.4. The third kappa shape index (κ3) is 1.57. The number of pyridine rings is 3. The van der Waals surface area contributed by atoms with Gasteiger partial charge in [0.05, 0.1) is 22.2 Å². The molecule has 0 aliphatic carbocycles. The molecule has 0 radical (unpaired) electrons. The van der Waals surface area contributed by atoms with Crippen molar-refractivity contribution in [3.05, 3.63) is 78.6 Å². The van der Waals surface area contributed by atoms with Gasteiger partial charge in [-0.1, -0.05) is 48.5 Å². The highest BCUT2D eigenvalue weighted by atomic mass is 15.0. The SMILES string of the molecule is Cc1nc2c3ccccc3c3ccnc4c5cc6ccccc6cc5c1n2c34. The van der Waals surface area contributed by atoms with E-state index >= 15 is 0 Å². The second-order valence-electron chi connectivity index (χ2n) is 7.55. The van der Waals surface area contributed by atoms with Gasteiger partial charge in [0, 0.05) is 27.7 Å². The molecule has 3 aromatic carbocycles. The van der Waals surface area contributed by atoms with E-state index in [1.807, 2.05) is 6.20 Å². The zero-order chi connectivity index (χ0) is 18.4. The van der Waals surface area contributed by atoms with E-state index in [2.05, 4.69) is 78.1 Å². The summed E-state index contributed by atoms with van der Waals surface area (Å²) in [5, 5.41) is 8.53. The lowest BCUT2D eigenvalue weighted by Crippen LogP contribution is -1.97. The van der Waals surface area contributed by atoms with E-state index in [-0.39, 0.29) is 0 Å². The quantitative estimate of drug-likeness (QED) is 0.237. The maximum atomic E-state index is 5.01. The van der Waals surface area contributed by atoms with Gasteiger partial charge in [-0.25, -0.2) is 4.98 Å². The van der Waals surface area contributed by atoms with Gasteiger partial charge in [-0.2, -0.15) is 0 Å². The number of benzene rings is 3. The van der Waals surface area contributed by atoms with Crippen LogP contribution in [0.4, 0.5) is 0 Å². The van der Waals surface area contributed by atoms with Gasteiger partial charge in [0.15, 0.2) is 0 Å². The topological polar surface area (TPSA) is 30.2 Å². The summed E-state index contributed by atoms with van der Waals surface area (Å²) in [6.07, 6.45) is 1.93. The van der Waals surface area contributed by atoms with Crippen LogP contribution < -0.4 is 0 Å². The minimum atomic E-state index is 1.02. The summed E-state index contributed by atoms with van der Waals surface area (Å²) in [5.41, 5.74) is 5.47. The summed E-state index contributed by atoms with van der Waals surface area (Å²) in [7, 11) is 0. The van der Waals surface area contributed by atoms with Crippen molar-refractivity contribution in [2.45, 2.75) is 6.92 Å². The van der Waals surface area contributed by atoms with Crippen LogP contribution in [0, 0.1) is 6.92 Å². The van der Waals surface area contributed by atoms with Crippen molar-refractivity contribution >= 4 is 59.9 Å². The molecule has 4 heterocycles. The molecular formula is C25H15N3. The summed E-state index contributed by atoms with van der Waals surface area (Å²) in [6, 6.07) is 23.8. The number of nitrogens with zero attached hydrogens (tertiary/aromatic N) is 3. The Morgan fingerprint density at radius 3 is 2.21 bits per heavy atom. The van der Waals surface area contributed by atoms with Crippen LogP contribution >= 0.6 is 0 Å². The average molecular weight is 357 g/mol. The minimum absolute atomic E-state index is 1.02. The third-order valence-electron chi connectivity index (χ3n) is 6.05. The second-order valence-corrected chi connectivity index (χ2v) is 7.55. The molecule has 0 fully saturated rings. The largest absolute Gasteiger partial charge is 0.289 e. The first-order valence-electron chi connectivity index (χ1n) is 9.53. The zero-order valence-electron chi connectivity index (χ0n) is 15.3. The number of hydrogen-bond donors (Lipinski definition) is 0. The van der Waals surface area contributed by atoms with Crippen LogP contribution in [0.1, 0.15) is 5.69 Å². The number of fused-ring (bicyclic) bond motifs is 7. The predicted octanol–water partition coefficient (Wildman–Crippen LogP) is 6.24. The van der Waals surface area contributed by atoms with E-state index in [1.54, 1.807) is 0 Å². The fourth-order valence-electron chi connectivity index (χ4n) is 4.88. The van der Waals surface area contributed by atoms with Crippen molar-refractivity contribution in [1.82, 2.24) is 14.4 Å². The Morgan fingerprint density at radius 2 is 1.39 bits per heavy atom. The predicted molar refractivity (Wildman–Crippen MR) is 116 cm³/mol. The van der Waals surface area contributed by atoms with Gasteiger partial charge >= 0.3 is 0 Å². The van der Waals surface area contributed by atoms with E-state index in [0.29, 0.717) is 0 Å². The lowest BCUT2D eigenvalue weighted by molar-refractivity contribution is 1.29. The first-order chi connectivity index (χ1) is 13.8. The fraction of sp³-hybridized carbons (Fsp3) is 0.0400. The molecule has 4 aromatic heterocycles. The Labute approximate surface area is 160 Å². The van der Waals surface area contributed by atoms with E-state index in [9.17, 15) is 0 Å². The van der Waals surface area contributed by atoms with E-state index in [1.165, 1.54) is 43.2 Å². The maximum Gasteiger partial charge on any atom is 0.146 e. The van der Waals surface area contributed by atoms with Gasteiger partial charge in [-0.3, -0.25) is 9.38 Å². The Balaban J connectivity index is 1.93. The first-order valence-corrected chi connectivity index (χ1v) is 9.53. The van der Waals surface area contributed by atoms with E-state index in [0.717, 1.165) is 22.4 Å². The molecule has 0 spiro atoms. The van der Waals surface area contributed by atoms with Crippen molar-refractivity contribution in [2.24, 2.45) is 0 Å². The number of imidazole rings is 1. The number of aromatic nitrogens is 3. The molecular weight excluding hydrogens is 342 g/mol. The van der Waals surface area contributed by atoms with Crippen LogP contribution in [0.3, 0.4) is 0 Å². The van der Waals surface area contributed by atoms with Crippen molar-refractivity contribution in [2.75, 3.05) is 0 Å². The van der Waals surface area contributed by atoms with Crippen LogP contribution in [0.2, 0.25) is 0 Å². The van der Waals surface area contributed by atoms with Gasteiger partial charge in [-0.15, -0.1) is 0 Å². The monoisotopic (exact) mass is 357 g/mol. The van der Waals surface area contributed by atoms with Gasteiger partial charge in [0.2, 0.25) is 0 Å². The summed E-state index contributed by atoms with van der Waals surface area (Å²) < 4.78 is 2.33. The fourth-order valence-corrected chi connectivity index (χ4v) is 4.88. The van der Waals surface area contributed by atoms with Crippen LogP contribution in [0.25, 0.3) is 59.9 Å². The summed E-state index contributed by atoms with van der Waals surface area (Å²) >= 11 is 0. The molecule has 0 N–H and O–H groups in total. The normalized spacial score (nSPS) is 12.5. The van der Waals surface area contributed by atoms with Gasteiger partial charge in [0.1, 0.15) is 5.65 Å². The molecule has 130 valence electrons. The maximum absolute atomic E-state index is 5.01. The minimum Gasteiger partial charge on any atom is -0.289 e. The average Bonchev–Trinajstić information content (AvgIpc) is 3.10. The standard InChI is InChI=1S/C25H15N3/c1-14-23-21-13-16-7-3-2-6-15(16)12-20(21)22-24-18(10-11-26-22)17-8-4-5-9-19(17)25(27-14)28(23)24/h2-13H,1H3. The summed E-state index contributed by atoms with van der Waals surface area (Å²) in [4.78, 5) is 9.85. The Kier molecular flexibility index (Phi) is 2.44. The van der Waals surface area contributed by atoms with Gasteiger partial charge in [0.25, 0.3) is 0 Å². The second kappa shape index (κ2) is 4.76. The molecule has 0 amide bonds. The van der Waals surface area contributed by atoms with E-state index in [4.69, 9.17) is 9.97 Å². The molecule has 0 bridgehead atoms. The molecule has 0 aliphatic rings. The summed E-state index contributed by atoms with van der Waals surface area (Å²) in [6.45, 7) is 2.11. The van der Waals surface area contributed by atoms with Gasteiger partial charge in [-0.05, 0) is 41.3 Å². The smallest absolute Gasteiger partial charge is 0.146 e. The van der Waals surface area contributed by atoms with Crippen LogP contribution in [-0.2, 0) is 0 Å². The Hall–Kier alpha value is -3.72. The van der Waals surface area contributed by atoms with Crippen molar-refractivity contribution < 1.29 is 0 Å². The Morgan fingerprint density at radius 1 is 0.679 bits per heavy atom. The number of hydrogen-bond acceptors (Lipinski definition) is 2. The zero-order valence-corrected chi connectivity index (χ0v) is 15.3. The molecule has 0 saturated heterocycles. The lowest BCUT2D eigenvalue weighted by atomic mass is 9.99. The highest BCUT2D eigenvalue weighted by Gasteiger charge is 2.20. The Bertz CT molecular complexity index is 1720. The highest BCUT2D eigenvalue weighted by molar-refractivity contribution is 6.25. The number of aryl methyl sites for hydroxylation is 1. The third-order valence-corrected chi connectivity index (χ3v) is 6.05. The van der Waals surface area contributed by atoms with Crippen LogP contribution in [0.5, 0.6) is 0 Å². The van der Waals surface area contributed by atoms with Crippen LogP contribution in [-0.4, -0.2) is 14.4 Å². The molecule has 0 atom stereocenters. The van der Waals surface area contributed by atoms with Crippen molar-refractivity contribution in [1.29, 1.82) is 0 Å². The molecule has 0 unspecified atom stereocenters. The summed E-state index contributed by atoms with van der Waals surface area (Å²) in [5.74, 6) is 0. The van der Waals surface area contributed by atoms with Gasteiger partial charge < -0.3 is 0 Å². The van der Waals surface area contributed by atoms with Crippen molar-refractivity contribution in [3.8, 4) is 0 Å². The highest BCUT2D eigenvalue weighted by Crippen LogP contribution is 2.40. The molecule has 3 heteroatoms. The molecule has 0 saturated carbocycles. The number of rotatable bonds is 0. The molecule has 3 nitrogen and oxygen atoms in total. The lowest BCUT2D eigenvalue weighted by Gasteiger charge is -2.15. The molecule has 7 aromatic rings. The molecule has 7 rings (SSSR count). The molecule has 28 heavy (non-hydrogen) atoms.